The van der Waals surface area contributed by atoms with Gasteiger partial charge in [-0.25, -0.2) is 0 Å². The zero-order chi connectivity index (χ0) is 15.1. The van der Waals surface area contributed by atoms with E-state index < -0.39 is 5.97 Å². The van der Waals surface area contributed by atoms with Gasteiger partial charge in [-0.15, -0.1) is 0 Å². The number of rotatable bonds is 9. The third-order valence-corrected chi connectivity index (χ3v) is 2.76. The Morgan fingerprint density at radius 3 is 2.05 bits per heavy atom. The van der Waals surface area contributed by atoms with Crippen LogP contribution in [-0.2, 0) is 4.79 Å². The van der Waals surface area contributed by atoms with Crippen molar-refractivity contribution in [2.24, 2.45) is 0 Å². The van der Waals surface area contributed by atoms with E-state index in [-0.39, 0.29) is 0 Å². The van der Waals surface area contributed by atoms with E-state index in [0.717, 1.165) is 19.3 Å². The van der Waals surface area contributed by atoms with E-state index in [1.807, 2.05) is 30.3 Å². The second-order valence-electron chi connectivity index (χ2n) is 4.80. The second-order valence-corrected chi connectivity index (χ2v) is 4.80. The van der Waals surface area contributed by atoms with Crippen LogP contribution in [0.15, 0.2) is 30.3 Å². The molecule has 0 amide bonds. The van der Waals surface area contributed by atoms with Gasteiger partial charge in [0.05, 0.1) is 6.61 Å². The second kappa shape index (κ2) is 13.9. The molecular weight excluding hydrogens is 252 g/mol. The maximum Gasteiger partial charge on any atom is 0.300 e. The Morgan fingerprint density at radius 2 is 1.50 bits per heavy atom. The molecule has 0 bridgehead atoms. The molecule has 3 nitrogen and oxygen atoms in total. The van der Waals surface area contributed by atoms with Gasteiger partial charge in [-0.05, 0) is 18.6 Å². The lowest BCUT2D eigenvalue weighted by Crippen LogP contribution is -1.96. The van der Waals surface area contributed by atoms with Crippen molar-refractivity contribution < 1.29 is 14.6 Å². The SMILES string of the molecule is CC(=O)O.CCCCCCCCCOc1ccccc1. The summed E-state index contributed by atoms with van der Waals surface area (Å²) in [7, 11) is 0. The first-order chi connectivity index (χ1) is 9.66. The molecule has 1 N–H and O–H groups in total. The van der Waals surface area contributed by atoms with E-state index >= 15 is 0 Å². The van der Waals surface area contributed by atoms with E-state index in [2.05, 4.69) is 6.92 Å². The summed E-state index contributed by atoms with van der Waals surface area (Å²) in [6.45, 7) is 4.20. The van der Waals surface area contributed by atoms with Crippen LogP contribution in [0, 0.1) is 0 Å². The molecule has 114 valence electrons. The monoisotopic (exact) mass is 280 g/mol. The van der Waals surface area contributed by atoms with E-state index in [0.29, 0.717) is 0 Å². The lowest BCUT2D eigenvalue weighted by atomic mass is 10.1. The Hall–Kier alpha value is -1.51. The third-order valence-electron chi connectivity index (χ3n) is 2.76. The molecule has 1 rings (SSSR count). The van der Waals surface area contributed by atoms with Crippen LogP contribution in [-0.4, -0.2) is 17.7 Å². The largest absolute Gasteiger partial charge is 0.494 e. The summed E-state index contributed by atoms with van der Waals surface area (Å²) >= 11 is 0. The quantitative estimate of drug-likeness (QED) is 0.654. The predicted molar refractivity (Wildman–Crippen MR) is 83.2 cm³/mol. The van der Waals surface area contributed by atoms with Gasteiger partial charge in [0.2, 0.25) is 0 Å². The highest BCUT2D eigenvalue weighted by molar-refractivity contribution is 5.62. The first-order valence-corrected chi connectivity index (χ1v) is 7.54. The van der Waals surface area contributed by atoms with Crippen LogP contribution >= 0.6 is 0 Å². The molecular formula is C17H28O3. The van der Waals surface area contributed by atoms with E-state index in [1.54, 1.807) is 0 Å². The molecule has 0 aliphatic rings. The number of carboxylic acids is 1. The summed E-state index contributed by atoms with van der Waals surface area (Å²) in [6, 6.07) is 10.1. The van der Waals surface area contributed by atoms with Crippen molar-refractivity contribution in [3.8, 4) is 5.75 Å². The minimum atomic E-state index is -0.833. The Morgan fingerprint density at radius 1 is 1.00 bits per heavy atom. The third kappa shape index (κ3) is 14.6. The van der Waals surface area contributed by atoms with Gasteiger partial charge >= 0.3 is 0 Å². The van der Waals surface area contributed by atoms with Crippen LogP contribution in [0.1, 0.15) is 58.8 Å². The first-order valence-electron chi connectivity index (χ1n) is 7.54. The minimum Gasteiger partial charge on any atom is -0.494 e. The van der Waals surface area contributed by atoms with Crippen LogP contribution in [0.25, 0.3) is 0 Å². The molecule has 1 aromatic rings. The molecule has 0 saturated carbocycles. The van der Waals surface area contributed by atoms with E-state index in [1.165, 1.54) is 44.9 Å². The molecule has 20 heavy (non-hydrogen) atoms. The minimum absolute atomic E-state index is 0.833. The molecule has 0 aliphatic heterocycles. The van der Waals surface area contributed by atoms with Crippen molar-refractivity contribution in [1.82, 2.24) is 0 Å². The molecule has 0 saturated heterocycles. The average molecular weight is 280 g/mol. The van der Waals surface area contributed by atoms with Crippen LogP contribution in [0.5, 0.6) is 5.75 Å². The summed E-state index contributed by atoms with van der Waals surface area (Å²) < 4.78 is 5.63. The van der Waals surface area contributed by atoms with Crippen LogP contribution < -0.4 is 4.74 Å². The molecule has 0 aromatic heterocycles. The van der Waals surface area contributed by atoms with Gasteiger partial charge in [-0.3, -0.25) is 4.79 Å². The smallest absolute Gasteiger partial charge is 0.300 e. The van der Waals surface area contributed by atoms with Gasteiger partial charge in [-0.2, -0.15) is 0 Å². The van der Waals surface area contributed by atoms with Gasteiger partial charge in [0.15, 0.2) is 0 Å². The Bertz CT molecular complexity index is 318. The molecule has 0 fully saturated rings. The number of hydrogen-bond acceptors (Lipinski definition) is 2. The van der Waals surface area contributed by atoms with Crippen LogP contribution in [0.4, 0.5) is 0 Å². The molecule has 0 radical (unpaired) electrons. The number of benzene rings is 1. The number of unbranched alkanes of at least 4 members (excludes halogenated alkanes) is 6. The zero-order valence-corrected chi connectivity index (χ0v) is 12.8. The lowest BCUT2D eigenvalue weighted by molar-refractivity contribution is -0.134. The molecule has 0 atom stereocenters. The van der Waals surface area contributed by atoms with E-state index in [4.69, 9.17) is 14.6 Å². The summed E-state index contributed by atoms with van der Waals surface area (Å²) in [5.41, 5.74) is 0. The fourth-order valence-electron chi connectivity index (χ4n) is 1.77. The number of aliphatic carboxylic acids is 1. The van der Waals surface area contributed by atoms with Crippen molar-refractivity contribution in [3.63, 3.8) is 0 Å². The Labute approximate surface area is 123 Å². The lowest BCUT2D eigenvalue weighted by Gasteiger charge is -2.05. The average Bonchev–Trinajstić information content (AvgIpc) is 2.42. The summed E-state index contributed by atoms with van der Waals surface area (Å²) in [5, 5.41) is 7.42. The summed E-state index contributed by atoms with van der Waals surface area (Å²) in [4.78, 5) is 9.00. The number of ether oxygens (including phenoxy) is 1. The van der Waals surface area contributed by atoms with Crippen molar-refractivity contribution in [2.75, 3.05) is 6.61 Å². The number of hydrogen-bond donors (Lipinski definition) is 1. The number of carboxylic acid groups (broad SMARTS) is 1. The highest BCUT2D eigenvalue weighted by Gasteiger charge is 1.93. The number of para-hydroxylation sites is 1. The topological polar surface area (TPSA) is 46.5 Å². The molecule has 0 unspecified atom stereocenters. The highest BCUT2D eigenvalue weighted by Crippen LogP contribution is 2.10. The number of carbonyl (C=O) groups is 1. The molecule has 0 aliphatic carbocycles. The fraction of sp³-hybridized carbons (Fsp3) is 0.588. The predicted octanol–water partition coefficient (Wildman–Crippen LogP) is 4.91. The van der Waals surface area contributed by atoms with Gasteiger partial charge in [0, 0.05) is 6.92 Å². The van der Waals surface area contributed by atoms with Crippen molar-refractivity contribution in [1.29, 1.82) is 0 Å². The maximum absolute atomic E-state index is 9.00. The normalized spacial score (nSPS) is 9.50. The molecule has 0 spiro atoms. The fourth-order valence-corrected chi connectivity index (χ4v) is 1.77. The summed E-state index contributed by atoms with van der Waals surface area (Å²) in [5.74, 6) is 0.161. The first kappa shape index (κ1) is 18.5. The Kier molecular flexibility index (Phi) is 12.9. The van der Waals surface area contributed by atoms with Gasteiger partial charge in [0.1, 0.15) is 5.75 Å². The van der Waals surface area contributed by atoms with Crippen molar-refractivity contribution in [2.45, 2.75) is 58.8 Å². The van der Waals surface area contributed by atoms with Crippen LogP contribution in [0.2, 0.25) is 0 Å². The van der Waals surface area contributed by atoms with Crippen molar-refractivity contribution in [3.05, 3.63) is 30.3 Å². The Balaban J connectivity index is 0.000000796. The summed E-state index contributed by atoms with van der Waals surface area (Å²) in [6.07, 6.45) is 9.35. The van der Waals surface area contributed by atoms with Crippen molar-refractivity contribution >= 4 is 5.97 Å². The van der Waals surface area contributed by atoms with Gasteiger partial charge < -0.3 is 9.84 Å². The standard InChI is InChI=1S/C15H24O.C2H4O2/c1-2-3-4-5-6-7-11-14-16-15-12-9-8-10-13-15;1-2(3)4/h8-10,12-13H,2-7,11,14H2,1H3;1H3,(H,3,4). The van der Waals surface area contributed by atoms with Gasteiger partial charge in [-0.1, -0.05) is 63.6 Å². The van der Waals surface area contributed by atoms with Gasteiger partial charge in [0.25, 0.3) is 5.97 Å². The van der Waals surface area contributed by atoms with Crippen LogP contribution in [0.3, 0.4) is 0 Å². The highest BCUT2D eigenvalue weighted by atomic mass is 16.5. The molecule has 3 heteroatoms. The molecule has 0 heterocycles. The zero-order valence-electron chi connectivity index (χ0n) is 12.8. The maximum atomic E-state index is 9.00. The molecule has 1 aromatic carbocycles. The van der Waals surface area contributed by atoms with E-state index in [9.17, 15) is 0 Å².